The average Bonchev–Trinajstić information content (AvgIpc) is 2.63. The maximum absolute atomic E-state index is 10.2. The van der Waals surface area contributed by atoms with Crippen LogP contribution in [-0.2, 0) is 17.7 Å². The highest BCUT2D eigenvalue weighted by molar-refractivity contribution is 5.39. The quantitative estimate of drug-likeness (QED) is 0.739. The molecule has 0 aliphatic carbocycles. The summed E-state index contributed by atoms with van der Waals surface area (Å²) in [4.78, 5) is 2.30. The first-order chi connectivity index (χ1) is 12.6. The molecule has 1 aliphatic rings. The largest absolute Gasteiger partial charge is 0.491 e. The number of nitrogens with zero attached hydrogens (tertiary/aromatic N) is 1. The Bertz CT molecular complexity index is 696. The summed E-state index contributed by atoms with van der Waals surface area (Å²) in [6.07, 6.45) is 0.577. The van der Waals surface area contributed by atoms with Crippen molar-refractivity contribution in [2.45, 2.75) is 32.9 Å². The molecule has 0 amide bonds. The molecule has 0 fully saturated rings. The van der Waals surface area contributed by atoms with E-state index in [4.69, 9.17) is 9.47 Å². The molecule has 4 nitrogen and oxygen atoms in total. The van der Waals surface area contributed by atoms with Gasteiger partial charge in [-0.05, 0) is 42.5 Å². The summed E-state index contributed by atoms with van der Waals surface area (Å²) in [6.45, 7) is 7.95. The van der Waals surface area contributed by atoms with Crippen molar-refractivity contribution in [1.82, 2.24) is 4.90 Å². The van der Waals surface area contributed by atoms with Crippen LogP contribution >= 0.6 is 0 Å². The van der Waals surface area contributed by atoms with Crippen LogP contribution in [0.3, 0.4) is 0 Å². The summed E-state index contributed by atoms with van der Waals surface area (Å²) < 4.78 is 11.4. The van der Waals surface area contributed by atoms with Crippen LogP contribution in [0.1, 0.15) is 22.3 Å². The van der Waals surface area contributed by atoms with E-state index in [0.29, 0.717) is 26.4 Å². The molecular formula is C22H29NO3. The number of aliphatic hydroxyl groups is 1. The Balaban J connectivity index is 1.34. The number of aliphatic hydroxyl groups excluding tert-OH is 1. The highest BCUT2D eigenvalue weighted by atomic mass is 16.5. The Labute approximate surface area is 156 Å². The number of ether oxygens (including phenoxy) is 2. The zero-order chi connectivity index (χ0) is 18.4. The van der Waals surface area contributed by atoms with E-state index in [9.17, 15) is 5.11 Å². The Morgan fingerprint density at radius 1 is 1.00 bits per heavy atom. The summed E-state index contributed by atoms with van der Waals surface area (Å²) in [6, 6.07) is 14.7. The molecule has 3 rings (SSSR count). The first kappa shape index (κ1) is 18.9. The van der Waals surface area contributed by atoms with Crippen LogP contribution < -0.4 is 4.74 Å². The number of aryl methyl sites for hydroxylation is 2. The van der Waals surface area contributed by atoms with E-state index < -0.39 is 6.10 Å². The molecular weight excluding hydrogens is 326 g/mol. The van der Waals surface area contributed by atoms with Crippen molar-refractivity contribution in [2.75, 3.05) is 32.9 Å². The Morgan fingerprint density at radius 3 is 2.50 bits per heavy atom. The van der Waals surface area contributed by atoms with Crippen molar-refractivity contribution in [3.63, 3.8) is 0 Å². The van der Waals surface area contributed by atoms with Crippen molar-refractivity contribution in [1.29, 1.82) is 0 Å². The monoisotopic (exact) mass is 355 g/mol. The summed E-state index contributed by atoms with van der Waals surface area (Å²) in [5.74, 6) is 0.934. The minimum atomic E-state index is -0.472. The SMILES string of the molecule is Cc1cccc(C)c1OCCOC[C@@H](O)CN1CCc2ccccc2C1. The zero-order valence-corrected chi connectivity index (χ0v) is 15.8. The second-order valence-electron chi connectivity index (χ2n) is 7.05. The van der Waals surface area contributed by atoms with Crippen molar-refractivity contribution >= 4 is 0 Å². The van der Waals surface area contributed by atoms with Gasteiger partial charge in [-0.15, -0.1) is 0 Å². The molecule has 0 bridgehead atoms. The van der Waals surface area contributed by atoms with Gasteiger partial charge in [0.15, 0.2) is 0 Å². The van der Waals surface area contributed by atoms with Crippen LogP contribution in [0.15, 0.2) is 42.5 Å². The van der Waals surface area contributed by atoms with Gasteiger partial charge in [-0.2, -0.15) is 0 Å². The normalized spacial score (nSPS) is 15.5. The van der Waals surface area contributed by atoms with Gasteiger partial charge in [-0.3, -0.25) is 4.90 Å². The fourth-order valence-electron chi connectivity index (χ4n) is 3.51. The standard InChI is InChI=1S/C22H29NO3/c1-17-6-5-7-18(2)22(17)26-13-12-25-16-21(24)15-23-11-10-19-8-3-4-9-20(19)14-23/h3-9,21,24H,10-16H2,1-2H3/t21-/m0/s1. The lowest BCUT2D eigenvalue weighted by atomic mass is 10.00. The number of hydrogen-bond donors (Lipinski definition) is 1. The minimum Gasteiger partial charge on any atom is -0.491 e. The lowest BCUT2D eigenvalue weighted by Crippen LogP contribution is -2.38. The summed E-state index contributed by atoms with van der Waals surface area (Å²) in [7, 11) is 0. The van der Waals surface area contributed by atoms with E-state index >= 15 is 0 Å². The lowest BCUT2D eigenvalue weighted by molar-refractivity contribution is 0.00578. The van der Waals surface area contributed by atoms with E-state index in [1.807, 2.05) is 32.0 Å². The maximum atomic E-state index is 10.2. The third-order valence-corrected chi connectivity index (χ3v) is 4.87. The zero-order valence-electron chi connectivity index (χ0n) is 15.8. The van der Waals surface area contributed by atoms with E-state index in [0.717, 1.165) is 36.4 Å². The number of benzene rings is 2. The molecule has 1 heterocycles. The van der Waals surface area contributed by atoms with Gasteiger partial charge in [0.2, 0.25) is 0 Å². The molecule has 26 heavy (non-hydrogen) atoms. The molecule has 1 aliphatic heterocycles. The van der Waals surface area contributed by atoms with Crippen LogP contribution in [0.5, 0.6) is 5.75 Å². The highest BCUT2D eigenvalue weighted by Gasteiger charge is 2.18. The third kappa shape index (κ3) is 5.07. The molecule has 1 N–H and O–H groups in total. The molecule has 2 aromatic carbocycles. The minimum absolute atomic E-state index is 0.342. The smallest absolute Gasteiger partial charge is 0.125 e. The van der Waals surface area contributed by atoms with Gasteiger partial charge in [-0.1, -0.05) is 42.5 Å². The van der Waals surface area contributed by atoms with Gasteiger partial charge in [0, 0.05) is 19.6 Å². The van der Waals surface area contributed by atoms with Crippen LogP contribution in [0.25, 0.3) is 0 Å². The number of hydrogen-bond acceptors (Lipinski definition) is 4. The molecule has 0 aromatic heterocycles. The molecule has 0 radical (unpaired) electrons. The van der Waals surface area contributed by atoms with E-state index in [2.05, 4.69) is 29.2 Å². The van der Waals surface area contributed by atoms with Crippen LogP contribution in [-0.4, -0.2) is 49.0 Å². The van der Waals surface area contributed by atoms with Gasteiger partial charge in [0.1, 0.15) is 12.4 Å². The molecule has 0 unspecified atom stereocenters. The molecule has 140 valence electrons. The Hall–Kier alpha value is -1.88. The molecule has 2 aromatic rings. The number of rotatable bonds is 8. The van der Waals surface area contributed by atoms with Crippen LogP contribution in [0, 0.1) is 13.8 Å². The highest BCUT2D eigenvalue weighted by Crippen LogP contribution is 2.22. The van der Waals surface area contributed by atoms with Crippen LogP contribution in [0.2, 0.25) is 0 Å². The van der Waals surface area contributed by atoms with Crippen molar-refractivity contribution in [3.05, 3.63) is 64.7 Å². The second kappa shape index (κ2) is 9.17. The van der Waals surface area contributed by atoms with Crippen molar-refractivity contribution < 1.29 is 14.6 Å². The Morgan fingerprint density at radius 2 is 1.73 bits per heavy atom. The molecule has 0 saturated carbocycles. The predicted molar refractivity (Wildman–Crippen MR) is 104 cm³/mol. The van der Waals surface area contributed by atoms with Gasteiger partial charge in [-0.25, -0.2) is 0 Å². The third-order valence-electron chi connectivity index (χ3n) is 4.87. The molecule has 4 heteroatoms. The fraction of sp³-hybridized carbons (Fsp3) is 0.455. The summed E-state index contributed by atoms with van der Waals surface area (Å²) in [5.41, 5.74) is 5.07. The summed E-state index contributed by atoms with van der Waals surface area (Å²) >= 11 is 0. The first-order valence-corrected chi connectivity index (χ1v) is 9.37. The van der Waals surface area contributed by atoms with Crippen molar-refractivity contribution in [2.24, 2.45) is 0 Å². The second-order valence-corrected chi connectivity index (χ2v) is 7.05. The van der Waals surface area contributed by atoms with Gasteiger partial charge < -0.3 is 14.6 Å². The first-order valence-electron chi connectivity index (χ1n) is 9.37. The predicted octanol–water partition coefficient (Wildman–Crippen LogP) is 3.12. The molecule has 0 saturated heterocycles. The van der Waals surface area contributed by atoms with E-state index in [1.54, 1.807) is 0 Å². The van der Waals surface area contributed by atoms with Gasteiger partial charge in [0.05, 0.1) is 19.3 Å². The van der Waals surface area contributed by atoms with Crippen LogP contribution in [0.4, 0.5) is 0 Å². The number of β-amino-alcohol motifs (C(OH)–C–C–N with tert-alkyl or cyclic N) is 1. The maximum Gasteiger partial charge on any atom is 0.125 e. The number of para-hydroxylation sites is 1. The molecule has 1 atom stereocenters. The summed E-state index contributed by atoms with van der Waals surface area (Å²) in [5, 5.41) is 10.2. The molecule has 0 spiro atoms. The van der Waals surface area contributed by atoms with Gasteiger partial charge in [0.25, 0.3) is 0 Å². The van der Waals surface area contributed by atoms with E-state index in [1.165, 1.54) is 11.1 Å². The van der Waals surface area contributed by atoms with Gasteiger partial charge >= 0.3 is 0 Å². The number of fused-ring (bicyclic) bond motifs is 1. The fourth-order valence-corrected chi connectivity index (χ4v) is 3.51. The topological polar surface area (TPSA) is 41.9 Å². The Kier molecular flexibility index (Phi) is 6.67. The van der Waals surface area contributed by atoms with E-state index in [-0.39, 0.29) is 0 Å². The average molecular weight is 355 g/mol. The lowest BCUT2D eigenvalue weighted by Gasteiger charge is -2.30. The van der Waals surface area contributed by atoms with Crippen molar-refractivity contribution in [3.8, 4) is 5.75 Å².